The highest BCUT2D eigenvalue weighted by Crippen LogP contribution is 2.39. The van der Waals surface area contributed by atoms with E-state index in [-0.39, 0.29) is 18.0 Å². The Morgan fingerprint density at radius 3 is 2.36 bits per heavy atom. The third-order valence-electron chi connectivity index (χ3n) is 6.12. The van der Waals surface area contributed by atoms with Gasteiger partial charge >= 0.3 is 6.09 Å². The summed E-state index contributed by atoms with van der Waals surface area (Å²) in [6.45, 7) is 16.2. The highest BCUT2D eigenvalue weighted by Gasteiger charge is 2.47. The summed E-state index contributed by atoms with van der Waals surface area (Å²) in [5.74, 6) is -0.246. The van der Waals surface area contributed by atoms with Crippen molar-refractivity contribution in [1.29, 1.82) is 0 Å². The van der Waals surface area contributed by atoms with E-state index in [1.165, 1.54) is 16.4 Å². The van der Waals surface area contributed by atoms with E-state index >= 15 is 0 Å². The van der Waals surface area contributed by atoms with Crippen LogP contribution in [0.5, 0.6) is 0 Å². The molecule has 2 N–H and O–H groups in total. The van der Waals surface area contributed by atoms with Crippen LogP contribution in [0.1, 0.15) is 83.2 Å². The number of hydrogen-bond acceptors (Lipinski definition) is 9. The SMILES string of the molecule is Cc1nc(-c2nc(C(=O)NCCCN(C(=O)OC(C)(C)C)C3CC(C)(C)N(O)C(C)(C)C3)cs2)cs1. The van der Waals surface area contributed by atoms with Crippen LogP contribution in [0, 0.1) is 6.92 Å². The van der Waals surface area contributed by atoms with Crippen molar-refractivity contribution in [1.82, 2.24) is 25.2 Å². The lowest BCUT2D eigenvalue weighted by molar-refractivity contribution is -0.251. The van der Waals surface area contributed by atoms with Crippen molar-refractivity contribution in [2.24, 2.45) is 0 Å². The second-order valence-electron chi connectivity index (χ2n) is 11.6. The average Bonchev–Trinajstić information content (AvgIpc) is 3.39. The second-order valence-corrected chi connectivity index (χ2v) is 13.5. The minimum atomic E-state index is -0.621. The van der Waals surface area contributed by atoms with E-state index in [1.54, 1.807) is 21.6 Å². The third kappa shape index (κ3) is 7.02. The molecule has 0 radical (unpaired) electrons. The van der Waals surface area contributed by atoms with Crippen molar-refractivity contribution in [3.8, 4) is 10.7 Å². The molecule has 0 unspecified atom stereocenters. The van der Waals surface area contributed by atoms with Gasteiger partial charge in [0.25, 0.3) is 5.91 Å². The Morgan fingerprint density at radius 1 is 1.17 bits per heavy atom. The van der Waals surface area contributed by atoms with E-state index in [2.05, 4.69) is 15.3 Å². The summed E-state index contributed by atoms with van der Waals surface area (Å²) in [4.78, 5) is 36.4. The molecular weight excluding hydrogens is 498 g/mol. The zero-order chi connectivity index (χ0) is 26.9. The Bertz CT molecular complexity index is 1050. The van der Waals surface area contributed by atoms with Gasteiger partial charge in [-0.15, -0.1) is 22.7 Å². The van der Waals surface area contributed by atoms with Crippen LogP contribution in [-0.4, -0.2) is 72.9 Å². The fourth-order valence-corrected chi connectivity index (χ4v) is 6.11. The van der Waals surface area contributed by atoms with Crippen LogP contribution in [0.15, 0.2) is 10.8 Å². The second kappa shape index (κ2) is 10.7. The van der Waals surface area contributed by atoms with Crippen molar-refractivity contribution < 1.29 is 19.5 Å². The van der Waals surface area contributed by atoms with E-state index in [9.17, 15) is 14.8 Å². The van der Waals surface area contributed by atoms with Gasteiger partial charge in [-0.1, -0.05) is 0 Å². The van der Waals surface area contributed by atoms with Crippen LogP contribution in [0.2, 0.25) is 0 Å². The molecule has 11 heteroatoms. The van der Waals surface area contributed by atoms with E-state index in [4.69, 9.17) is 4.74 Å². The number of piperidine rings is 1. The molecule has 0 aromatic carbocycles. The van der Waals surface area contributed by atoms with Gasteiger partial charge in [0.1, 0.15) is 22.0 Å². The van der Waals surface area contributed by atoms with E-state index < -0.39 is 16.7 Å². The number of rotatable bonds is 7. The number of carbonyl (C=O) groups is 2. The van der Waals surface area contributed by atoms with E-state index in [0.717, 1.165) is 15.7 Å². The minimum Gasteiger partial charge on any atom is -0.444 e. The fourth-order valence-electron chi connectivity index (χ4n) is 4.68. The minimum absolute atomic E-state index is 0.105. The van der Waals surface area contributed by atoms with Gasteiger partial charge in [0.15, 0.2) is 0 Å². The summed E-state index contributed by atoms with van der Waals surface area (Å²) in [6, 6.07) is -0.105. The maximum absolute atomic E-state index is 13.2. The van der Waals surface area contributed by atoms with Crippen LogP contribution >= 0.6 is 22.7 Å². The molecule has 0 saturated carbocycles. The molecule has 2 amide bonds. The molecule has 1 aliphatic rings. The Kier molecular flexibility index (Phi) is 8.49. The Balaban J connectivity index is 1.63. The van der Waals surface area contributed by atoms with Gasteiger partial charge in [0, 0.05) is 41.0 Å². The van der Waals surface area contributed by atoms with Gasteiger partial charge in [0.05, 0.1) is 5.01 Å². The normalized spacial score (nSPS) is 18.1. The monoisotopic (exact) mass is 537 g/mol. The number of aryl methyl sites for hydroxylation is 1. The number of carbonyl (C=O) groups excluding carboxylic acids is 2. The first kappa shape index (κ1) is 28.5. The highest BCUT2D eigenvalue weighted by molar-refractivity contribution is 7.14. The number of hydroxylamine groups is 2. The van der Waals surface area contributed by atoms with Crippen molar-refractivity contribution in [3.63, 3.8) is 0 Å². The van der Waals surface area contributed by atoms with E-state index in [0.29, 0.717) is 38.0 Å². The molecule has 2 aromatic rings. The summed E-state index contributed by atoms with van der Waals surface area (Å²) in [5, 5.41) is 20.4. The molecular formula is C25H39N5O4S2. The zero-order valence-corrected chi connectivity index (χ0v) is 24.2. The Hall–Kier alpha value is -2.08. The Labute approximate surface area is 221 Å². The first-order valence-corrected chi connectivity index (χ1v) is 14.0. The molecule has 3 heterocycles. The van der Waals surface area contributed by atoms with Gasteiger partial charge in [-0.3, -0.25) is 4.79 Å². The van der Waals surface area contributed by atoms with Crippen LogP contribution in [-0.2, 0) is 4.74 Å². The lowest BCUT2D eigenvalue weighted by atomic mass is 9.78. The maximum atomic E-state index is 13.2. The molecule has 0 aliphatic carbocycles. The quantitative estimate of drug-likeness (QED) is 0.459. The number of thiazole rings is 2. The molecule has 1 aliphatic heterocycles. The lowest BCUT2D eigenvalue weighted by Crippen LogP contribution is -2.63. The molecule has 9 nitrogen and oxygen atoms in total. The summed E-state index contributed by atoms with van der Waals surface area (Å²) < 4.78 is 5.72. The molecule has 3 rings (SSSR count). The van der Waals surface area contributed by atoms with Gasteiger partial charge in [-0.2, -0.15) is 5.06 Å². The van der Waals surface area contributed by atoms with Gasteiger partial charge in [-0.05, 0) is 74.7 Å². The van der Waals surface area contributed by atoms with Crippen LogP contribution in [0.25, 0.3) is 10.7 Å². The average molecular weight is 538 g/mol. The molecule has 0 atom stereocenters. The number of hydrogen-bond donors (Lipinski definition) is 2. The Morgan fingerprint density at radius 2 is 1.81 bits per heavy atom. The van der Waals surface area contributed by atoms with Crippen molar-refractivity contribution in [3.05, 3.63) is 21.5 Å². The number of amides is 2. The molecule has 1 saturated heterocycles. The number of nitrogens with one attached hydrogen (secondary N) is 1. The van der Waals surface area contributed by atoms with E-state index in [1.807, 2.05) is 60.8 Å². The molecule has 0 bridgehead atoms. The largest absolute Gasteiger partial charge is 0.444 e. The standard InChI is InChI=1S/C25H39N5O4S2/c1-16-27-19(15-35-16)21-28-18(14-36-21)20(31)26-10-9-11-29(22(32)34-23(2,3)4)17-12-24(5,6)30(33)25(7,8)13-17/h14-15,17,33H,9-13H2,1-8H3,(H,26,31). The van der Waals surface area contributed by atoms with Crippen LogP contribution in [0.3, 0.4) is 0 Å². The molecule has 1 fully saturated rings. The van der Waals surface area contributed by atoms with Crippen molar-refractivity contribution in [2.45, 2.75) is 97.4 Å². The van der Waals surface area contributed by atoms with Gasteiger partial charge < -0.3 is 20.2 Å². The lowest BCUT2D eigenvalue weighted by Gasteiger charge is -2.53. The summed E-state index contributed by atoms with van der Waals surface area (Å²) in [5.41, 5.74) is -0.472. The first-order chi connectivity index (χ1) is 16.6. The predicted octanol–water partition coefficient (Wildman–Crippen LogP) is 5.34. The smallest absolute Gasteiger partial charge is 0.410 e. The molecule has 0 spiro atoms. The third-order valence-corrected chi connectivity index (χ3v) is 7.76. The fraction of sp³-hybridized carbons (Fsp3) is 0.680. The topological polar surface area (TPSA) is 108 Å². The highest BCUT2D eigenvalue weighted by atomic mass is 32.1. The summed E-state index contributed by atoms with van der Waals surface area (Å²) >= 11 is 2.94. The number of aromatic nitrogens is 2. The summed E-state index contributed by atoms with van der Waals surface area (Å²) in [6.07, 6.45) is 1.40. The van der Waals surface area contributed by atoms with Crippen LogP contribution < -0.4 is 5.32 Å². The number of ether oxygens (including phenoxy) is 1. The molecule has 200 valence electrons. The maximum Gasteiger partial charge on any atom is 0.410 e. The zero-order valence-electron chi connectivity index (χ0n) is 22.5. The molecule has 2 aromatic heterocycles. The van der Waals surface area contributed by atoms with Gasteiger partial charge in [0.2, 0.25) is 0 Å². The number of nitrogens with zero attached hydrogens (tertiary/aromatic N) is 4. The van der Waals surface area contributed by atoms with Crippen molar-refractivity contribution in [2.75, 3.05) is 13.1 Å². The van der Waals surface area contributed by atoms with Gasteiger partial charge in [-0.25, -0.2) is 14.8 Å². The van der Waals surface area contributed by atoms with Crippen molar-refractivity contribution >= 4 is 34.7 Å². The van der Waals surface area contributed by atoms with Crippen LogP contribution in [0.4, 0.5) is 4.79 Å². The summed E-state index contributed by atoms with van der Waals surface area (Å²) in [7, 11) is 0. The predicted molar refractivity (Wildman–Crippen MR) is 143 cm³/mol. The first-order valence-electron chi connectivity index (χ1n) is 12.2. The molecule has 36 heavy (non-hydrogen) atoms.